The van der Waals surface area contributed by atoms with Crippen LogP contribution in [0.15, 0.2) is 23.6 Å². The van der Waals surface area contributed by atoms with Crippen molar-refractivity contribution in [2.45, 2.75) is 26.7 Å². The van der Waals surface area contributed by atoms with Crippen LogP contribution in [0.1, 0.15) is 23.2 Å². The lowest BCUT2D eigenvalue weighted by Crippen LogP contribution is -2.02. The normalized spacial score (nSPS) is 10.3. The molecule has 20 heavy (non-hydrogen) atoms. The molecule has 0 atom stereocenters. The highest BCUT2D eigenvalue weighted by atomic mass is 32.1. The van der Waals surface area contributed by atoms with Gasteiger partial charge in [-0.25, -0.2) is 4.98 Å². The Morgan fingerprint density at radius 3 is 2.95 bits per heavy atom. The number of methoxy groups -OCH3 is 1. The maximum atomic E-state index is 11.1. The van der Waals surface area contributed by atoms with Crippen LogP contribution in [0.2, 0.25) is 0 Å². The highest BCUT2D eigenvalue weighted by Gasteiger charge is 2.07. The molecule has 5 heteroatoms. The number of aromatic nitrogens is 1. The van der Waals surface area contributed by atoms with Crippen LogP contribution in [0.4, 0.5) is 10.8 Å². The standard InChI is InChI=1S/C15H18N2O2S/c1-10-4-5-11(2)13(8-10)17-15-16-12(9-20-15)6-7-14(18)19-3/h4-5,8-9H,6-7H2,1-3H3,(H,16,17). The molecule has 1 heterocycles. The quantitative estimate of drug-likeness (QED) is 0.855. The molecule has 2 aromatic rings. The molecule has 1 aromatic heterocycles. The number of ether oxygens (including phenoxy) is 1. The first-order valence-corrected chi connectivity index (χ1v) is 7.32. The Labute approximate surface area is 122 Å². The fourth-order valence-corrected chi connectivity index (χ4v) is 2.55. The van der Waals surface area contributed by atoms with E-state index in [1.54, 1.807) is 11.3 Å². The molecule has 2 rings (SSSR count). The Kier molecular flexibility index (Phi) is 4.74. The third-order valence-corrected chi connectivity index (χ3v) is 3.81. The highest BCUT2D eigenvalue weighted by Crippen LogP contribution is 2.24. The van der Waals surface area contributed by atoms with Crippen molar-refractivity contribution in [1.82, 2.24) is 4.98 Å². The van der Waals surface area contributed by atoms with Crippen molar-refractivity contribution in [1.29, 1.82) is 0 Å². The van der Waals surface area contributed by atoms with E-state index in [4.69, 9.17) is 0 Å². The summed E-state index contributed by atoms with van der Waals surface area (Å²) in [4.78, 5) is 15.6. The predicted molar refractivity (Wildman–Crippen MR) is 81.6 cm³/mol. The van der Waals surface area contributed by atoms with E-state index < -0.39 is 0 Å². The Bertz CT molecular complexity index is 608. The first kappa shape index (κ1) is 14.5. The van der Waals surface area contributed by atoms with Crippen molar-refractivity contribution < 1.29 is 9.53 Å². The molecule has 0 spiro atoms. The van der Waals surface area contributed by atoms with Crippen molar-refractivity contribution in [2.75, 3.05) is 12.4 Å². The molecule has 106 valence electrons. The molecule has 0 saturated carbocycles. The summed E-state index contributed by atoms with van der Waals surface area (Å²) in [5.74, 6) is -0.206. The van der Waals surface area contributed by atoms with Gasteiger partial charge in [0.05, 0.1) is 19.2 Å². The second kappa shape index (κ2) is 6.52. The van der Waals surface area contributed by atoms with E-state index in [0.29, 0.717) is 12.8 Å². The summed E-state index contributed by atoms with van der Waals surface area (Å²) in [6.07, 6.45) is 0.973. The number of nitrogens with one attached hydrogen (secondary N) is 1. The number of hydrogen-bond donors (Lipinski definition) is 1. The van der Waals surface area contributed by atoms with Crippen LogP contribution in [0.5, 0.6) is 0 Å². The summed E-state index contributed by atoms with van der Waals surface area (Å²) in [5, 5.41) is 6.14. The number of carbonyl (C=O) groups is 1. The average molecular weight is 290 g/mol. The topological polar surface area (TPSA) is 51.2 Å². The van der Waals surface area contributed by atoms with Crippen molar-refractivity contribution in [3.63, 3.8) is 0 Å². The second-order valence-electron chi connectivity index (χ2n) is 4.66. The molecule has 0 radical (unpaired) electrons. The van der Waals surface area contributed by atoms with E-state index in [1.807, 2.05) is 5.38 Å². The summed E-state index contributed by atoms with van der Waals surface area (Å²) >= 11 is 1.54. The molecule has 1 N–H and O–H groups in total. The fourth-order valence-electron chi connectivity index (χ4n) is 1.80. The van der Waals surface area contributed by atoms with E-state index in [9.17, 15) is 4.79 Å². The van der Waals surface area contributed by atoms with Crippen molar-refractivity contribution in [3.05, 3.63) is 40.4 Å². The molecule has 4 nitrogen and oxygen atoms in total. The largest absolute Gasteiger partial charge is 0.469 e. The van der Waals surface area contributed by atoms with Gasteiger partial charge in [0.2, 0.25) is 0 Å². The number of anilines is 2. The first-order valence-electron chi connectivity index (χ1n) is 6.44. The fraction of sp³-hybridized carbons (Fsp3) is 0.333. The lowest BCUT2D eigenvalue weighted by molar-refractivity contribution is -0.140. The minimum Gasteiger partial charge on any atom is -0.469 e. The molecule has 0 aliphatic carbocycles. The molecular weight excluding hydrogens is 272 g/mol. The molecule has 0 aliphatic heterocycles. The molecule has 0 amide bonds. The Hall–Kier alpha value is -1.88. The Morgan fingerprint density at radius 1 is 1.40 bits per heavy atom. The minimum absolute atomic E-state index is 0.206. The third-order valence-electron chi connectivity index (χ3n) is 3.00. The SMILES string of the molecule is COC(=O)CCc1csc(Nc2cc(C)ccc2C)n1. The van der Waals surface area contributed by atoms with Gasteiger partial charge in [-0.1, -0.05) is 12.1 Å². The number of thiazole rings is 1. The molecular formula is C15H18N2O2S. The number of hydrogen-bond acceptors (Lipinski definition) is 5. The smallest absolute Gasteiger partial charge is 0.305 e. The van der Waals surface area contributed by atoms with Gasteiger partial charge in [-0.15, -0.1) is 11.3 Å². The summed E-state index contributed by atoms with van der Waals surface area (Å²) in [6.45, 7) is 4.13. The van der Waals surface area contributed by atoms with Gasteiger partial charge in [0, 0.05) is 17.5 Å². The van der Waals surface area contributed by atoms with E-state index in [2.05, 4.69) is 47.1 Å². The molecule has 0 fully saturated rings. The van der Waals surface area contributed by atoms with Crippen molar-refractivity contribution >= 4 is 28.1 Å². The zero-order valence-electron chi connectivity index (χ0n) is 11.9. The van der Waals surface area contributed by atoms with Crippen LogP contribution in [0.25, 0.3) is 0 Å². The number of aryl methyl sites for hydroxylation is 3. The predicted octanol–water partition coefficient (Wildman–Crippen LogP) is 3.61. The number of rotatable bonds is 5. The lowest BCUT2D eigenvalue weighted by atomic mass is 10.1. The van der Waals surface area contributed by atoms with E-state index >= 15 is 0 Å². The maximum Gasteiger partial charge on any atom is 0.305 e. The van der Waals surface area contributed by atoms with E-state index in [1.165, 1.54) is 18.2 Å². The molecule has 0 unspecified atom stereocenters. The van der Waals surface area contributed by atoms with Gasteiger partial charge < -0.3 is 10.1 Å². The van der Waals surface area contributed by atoms with Gasteiger partial charge >= 0.3 is 5.97 Å². The molecule has 0 aliphatic rings. The Balaban J connectivity index is 2.02. The number of esters is 1. The first-order chi connectivity index (χ1) is 9.58. The maximum absolute atomic E-state index is 11.1. The third kappa shape index (κ3) is 3.81. The van der Waals surface area contributed by atoms with Crippen LogP contribution >= 0.6 is 11.3 Å². The zero-order valence-corrected chi connectivity index (χ0v) is 12.7. The van der Waals surface area contributed by atoms with Gasteiger partial charge in [0.25, 0.3) is 0 Å². The van der Waals surface area contributed by atoms with Crippen LogP contribution in [0, 0.1) is 13.8 Å². The van der Waals surface area contributed by atoms with E-state index in [0.717, 1.165) is 16.5 Å². The van der Waals surface area contributed by atoms with Gasteiger partial charge in [-0.3, -0.25) is 4.79 Å². The molecule has 1 aromatic carbocycles. The summed E-state index contributed by atoms with van der Waals surface area (Å²) in [7, 11) is 1.40. The lowest BCUT2D eigenvalue weighted by Gasteiger charge is -2.07. The van der Waals surface area contributed by atoms with Crippen LogP contribution in [-0.4, -0.2) is 18.1 Å². The van der Waals surface area contributed by atoms with E-state index in [-0.39, 0.29) is 5.97 Å². The van der Waals surface area contributed by atoms with Crippen LogP contribution < -0.4 is 5.32 Å². The minimum atomic E-state index is -0.206. The second-order valence-corrected chi connectivity index (χ2v) is 5.52. The van der Waals surface area contributed by atoms with Crippen molar-refractivity contribution in [3.8, 4) is 0 Å². The number of carbonyl (C=O) groups excluding carboxylic acids is 1. The number of benzene rings is 1. The average Bonchev–Trinajstić information content (AvgIpc) is 2.88. The van der Waals surface area contributed by atoms with Gasteiger partial charge in [0.15, 0.2) is 5.13 Å². The van der Waals surface area contributed by atoms with Gasteiger partial charge in [-0.05, 0) is 31.0 Å². The Morgan fingerprint density at radius 2 is 2.20 bits per heavy atom. The summed E-state index contributed by atoms with van der Waals surface area (Å²) in [5.41, 5.74) is 4.37. The van der Waals surface area contributed by atoms with Crippen molar-refractivity contribution in [2.24, 2.45) is 0 Å². The summed E-state index contributed by atoms with van der Waals surface area (Å²) < 4.78 is 4.62. The monoisotopic (exact) mass is 290 g/mol. The van der Waals surface area contributed by atoms with Gasteiger partial charge in [-0.2, -0.15) is 0 Å². The van der Waals surface area contributed by atoms with Gasteiger partial charge in [0.1, 0.15) is 0 Å². The molecule has 0 saturated heterocycles. The van der Waals surface area contributed by atoms with Crippen LogP contribution in [-0.2, 0) is 16.0 Å². The zero-order chi connectivity index (χ0) is 14.5. The highest BCUT2D eigenvalue weighted by molar-refractivity contribution is 7.13. The number of nitrogens with zero attached hydrogens (tertiary/aromatic N) is 1. The summed E-state index contributed by atoms with van der Waals surface area (Å²) in [6, 6.07) is 6.28. The molecule has 0 bridgehead atoms. The van der Waals surface area contributed by atoms with Crippen LogP contribution in [0.3, 0.4) is 0 Å².